The molecule has 1 N–H and O–H groups in total. The highest BCUT2D eigenvalue weighted by Gasteiger charge is 2.05. The fourth-order valence-electron chi connectivity index (χ4n) is 1.85. The van der Waals surface area contributed by atoms with Gasteiger partial charge in [0, 0.05) is 26.3 Å². The minimum atomic E-state index is -0.249. The number of oxazole rings is 1. The van der Waals surface area contributed by atoms with E-state index < -0.39 is 0 Å². The minimum absolute atomic E-state index is 0.0206. The van der Waals surface area contributed by atoms with E-state index in [1.165, 1.54) is 12.1 Å². The van der Waals surface area contributed by atoms with E-state index in [-0.39, 0.29) is 11.7 Å². The third-order valence-electron chi connectivity index (χ3n) is 2.92. The summed E-state index contributed by atoms with van der Waals surface area (Å²) in [6, 6.07) is 6.29. The number of nitrogens with zero attached hydrogens (tertiary/aromatic N) is 1. The molecule has 1 aromatic carbocycles. The van der Waals surface area contributed by atoms with Crippen LogP contribution in [0.3, 0.4) is 0 Å². The van der Waals surface area contributed by atoms with Gasteiger partial charge < -0.3 is 9.73 Å². The molecule has 0 aliphatic heterocycles. The summed E-state index contributed by atoms with van der Waals surface area (Å²) < 4.78 is 17.8. The zero-order valence-corrected chi connectivity index (χ0v) is 11.4. The topological polar surface area (TPSA) is 55.1 Å². The lowest BCUT2D eigenvalue weighted by Crippen LogP contribution is -2.25. The lowest BCUT2D eigenvalue weighted by Gasteiger charge is -2.04. The van der Waals surface area contributed by atoms with E-state index in [2.05, 4.69) is 10.3 Å². The van der Waals surface area contributed by atoms with Crippen molar-refractivity contribution in [2.24, 2.45) is 0 Å². The molecule has 4 nitrogen and oxygen atoms in total. The molecule has 0 radical (unpaired) electrons. The number of carbonyl (C=O) groups is 1. The first kappa shape index (κ1) is 14.2. The average Bonchev–Trinajstić information content (AvgIpc) is 2.85. The van der Waals surface area contributed by atoms with Crippen molar-refractivity contribution in [1.82, 2.24) is 10.3 Å². The summed E-state index contributed by atoms with van der Waals surface area (Å²) in [4.78, 5) is 15.8. The maximum atomic E-state index is 12.7. The Hall–Kier alpha value is -2.17. The van der Waals surface area contributed by atoms with Crippen LogP contribution in [0.2, 0.25) is 0 Å². The molecule has 0 atom stereocenters. The Labute approximate surface area is 117 Å². The van der Waals surface area contributed by atoms with Gasteiger partial charge in [-0.1, -0.05) is 12.1 Å². The first-order chi connectivity index (χ1) is 9.63. The van der Waals surface area contributed by atoms with E-state index in [0.717, 1.165) is 11.3 Å². The SMILES string of the molecule is Cc1nc(CCC(=O)NCCc2ccc(F)cc2)co1. The number of amides is 1. The first-order valence-electron chi connectivity index (χ1n) is 6.55. The number of nitrogens with one attached hydrogen (secondary N) is 1. The van der Waals surface area contributed by atoms with Crippen molar-refractivity contribution < 1.29 is 13.6 Å². The highest BCUT2D eigenvalue weighted by atomic mass is 19.1. The van der Waals surface area contributed by atoms with Crippen LogP contribution >= 0.6 is 0 Å². The van der Waals surface area contributed by atoms with Crippen LogP contribution < -0.4 is 5.32 Å². The maximum absolute atomic E-state index is 12.7. The van der Waals surface area contributed by atoms with Gasteiger partial charge in [-0.2, -0.15) is 0 Å². The summed E-state index contributed by atoms with van der Waals surface area (Å²) >= 11 is 0. The van der Waals surface area contributed by atoms with Crippen molar-refractivity contribution in [3.8, 4) is 0 Å². The number of rotatable bonds is 6. The van der Waals surface area contributed by atoms with Crippen LogP contribution in [0.4, 0.5) is 4.39 Å². The summed E-state index contributed by atoms with van der Waals surface area (Å²) in [6.07, 6.45) is 3.21. The molecule has 1 amide bonds. The summed E-state index contributed by atoms with van der Waals surface area (Å²) in [5, 5.41) is 2.83. The standard InChI is InChI=1S/C15H17FN2O2/c1-11-18-14(10-20-11)6-7-15(19)17-9-8-12-2-4-13(16)5-3-12/h2-5,10H,6-9H2,1H3,(H,17,19). The Morgan fingerprint density at radius 2 is 2.05 bits per heavy atom. The third kappa shape index (κ3) is 4.50. The van der Waals surface area contributed by atoms with Gasteiger partial charge in [-0.25, -0.2) is 9.37 Å². The van der Waals surface area contributed by atoms with E-state index >= 15 is 0 Å². The predicted octanol–water partition coefficient (Wildman–Crippen LogP) is 2.41. The van der Waals surface area contributed by atoms with Crippen molar-refractivity contribution in [1.29, 1.82) is 0 Å². The van der Waals surface area contributed by atoms with Gasteiger partial charge in [-0.3, -0.25) is 4.79 Å². The van der Waals surface area contributed by atoms with Gasteiger partial charge in [0.2, 0.25) is 5.91 Å². The minimum Gasteiger partial charge on any atom is -0.449 e. The second kappa shape index (κ2) is 6.84. The van der Waals surface area contributed by atoms with Crippen LogP contribution in [0.25, 0.3) is 0 Å². The number of benzene rings is 1. The van der Waals surface area contributed by atoms with Gasteiger partial charge in [0.1, 0.15) is 12.1 Å². The molecule has 0 unspecified atom stereocenters. The van der Waals surface area contributed by atoms with Crippen molar-refractivity contribution in [3.05, 3.63) is 53.5 Å². The van der Waals surface area contributed by atoms with Gasteiger partial charge in [-0.15, -0.1) is 0 Å². The van der Waals surface area contributed by atoms with Gasteiger partial charge in [0.15, 0.2) is 5.89 Å². The molecule has 0 spiro atoms. The Morgan fingerprint density at radius 3 is 2.70 bits per heavy atom. The van der Waals surface area contributed by atoms with Gasteiger partial charge in [-0.05, 0) is 24.1 Å². The molecule has 0 aliphatic rings. The Kier molecular flexibility index (Phi) is 4.87. The fraction of sp³-hybridized carbons (Fsp3) is 0.333. The number of aromatic nitrogens is 1. The Morgan fingerprint density at radius 1 is 1.30 bits per heavy atom. The number of carbonyl (C=O) groups excluding carboxylic acids is 1. The van der Waals surface area contributed by atoms with Crippen LogP contribution in [0.1, 0.15) is 23.6 Å². The highest BCUT2D eigenvalue weighted by molar-refractivity contribution is 5.76. The molecule has 0 fully saturated rings. The van der Waals surface area contributed by atoms with Crippen LogP contribution in [0, 0.1) is 12.7 Å². The molecule has 0 saturated carbocycles. The smallest absolute Gasteiger partial charge is 0.220 e. The van der Waals surface area contributed by atoms with E-state index in [0.29, 0.717) is 31.7 Å². The summed E-state index contributed by atoms with van der Waals surface area (Å²) in [6.45, 7) is 2.31. The zero-order valence-electron chi connectivity index (χ0n) is 11.4. The molecular weight excluding hydrogens is 259 g/mol. The van der Waals surface area contributed by atoms with Crippen LogP contribution in [0.15, 0.2) is 34.9 Å². The van der Waals surface area contributed by atoms with Crippen LogP contribution in [-0.2, 0) is 17.6 Å². The number of halogens is 1. The molecule has 106 valence electrons. The summed E-state index contributed by atoms with van der Waals surface area (Å²) in [5.74, 6) is 0.338. The molecule has 0 bridgehead atoms. The molecule has 1 aromatic heterocycles. The zero-order chi connectivity index (χ0) is 14.4. The van der Waals surface area contributed by atoms with Gasteiger partial charge in [0.05, 0.1) is 5.69 Å². The normalized spacial score (nSPS) is 10.5. The monoisotopic (exact) mass is 276 g/mol. The molecule has 0 saturated heterocycles. The molecule has 1 heterocycles. The molecule has 5 heteroatoms. The molecule has 2 aromatic rings. The van der Waals surface area contributed by atoms with Crippen LogP contribution in [-0.4, -0.2) is 17.4 Å². The lowest BCUT2D eigenvalue weighted by molar-refractivity contribution is -0.121. The molecule has 2 rings (SSSR count). The maximum Gasteiger partial charge on any atom is 0.220 e. The number of aryl methyl sites for hydroxylation is 2. The van der Waals surface area contributed by atoms with E-state index in [4.69, 9.17) is 4.42 Å². The quantitative estimate of drug-likeness (QED) is 0.881. The number of hydrogen-bond donors (Lipinski definition) is 1. The highest BCUT2D eigenvalue weighted by Crippen LogP contribution is 2.04. The second-order valence-electron chi connectivity index (χ2n) is 4.58. The Bertz CT molecular complexity index is 564. The Balaban J connectivity index is 1.66. The van der Waals surface area contributed by atoms with Crippen molar-refractivity contribution >= 4 is 5.91 Å². The summed E-state index contributed by atoms with van der Waals surface area (Å²) in [5.41, 5.74) is 1.79. The van der Waals surface area contributed by atoms with Crippen LogP contribution in [0.5, 0.6) is 0 Å². The molecule has 20 heavy (non-hydrogen) atoms. The van der Waals surface area contributed by atoms with Gasteiger partial charge >= 0.3 is 0 Å². The fourth-order valence-corrected chi connectivity index (χ4v) is 1.85. The predicted molar refractivity (Wildman–Crippen MR) is 72.7 cm³/mol. The van der Waals surface area contributed by atoms with Crippen molar-refractivity contribution in [2.75, 3.05) is 6.54 Å². The molecular formula is C15H17FN2O2. The van der Waals surface area contributed by atoms with E-state index in [9.17, 15) is 9.18 Å². The van der Waals surface area contributed by atoms with E-state index in [1.54, 1.807) is 25.3 Å². The number of hydrogen-bond acceptors (Lipinski definition) is 3. The van der Waals surface area contributed by atoms with Gasteiger partial charge in [0.25, 0.3) is 0 Å². The largest absolute Gasteiger partial charge is 0.449 e. The molecule has 0 aliphatic carbocycles. The average molecular weight is 276 g/mol. The van der Waals surface area contributed by atoms with Crippen molar-refractivity contribution in [2.45, 2.75) is 26.2 Å². The first-order valence-corrected chi connectivity index (χ1v) is 6.55. The van der Waals surface area contributed by atoms with E-state index in [1.807, 2.05) is 0 Å². The summed E-state index contributed by atoms with van der Waals surface area (Å²) in [7, 11) is 0. The lowest BCUT2D eigenvalue weighted by atomic mass is 10.1. The van der Waals surface area contributed by atoms with Crippen molar-refractivity contribution in [3.63, 3.8) is 0 Å². The third-order valence-corrected chi connectivity index (χ3v) is 2.92. The second-order valence-corrected chi connectivity index (χ2v) is 4.58.